The standard InChI is InChI=1S/C12H11NO3/c1-3-8-16-12(15)10-6-4-5-7-11(10)13-9(2)14/h1,4-7H,8H2,2H3,(H,13,14). The smallest absolute Gasteiger partial charge is 0.341 e. The molecule has 0 fully saturated rings. The molecule has 1 amide bonds. The van der Waals surface area contributed by atoms with Crippen LogP contribution in [0.4, 0.5) is 5.69 Å². The normalized spacial score (nSPS) is 9.00. The minimum Gasteiger partial charge on any atom is -0.449 e. The quantitative estimate of drug-likeness (QED) is 0.615. The van der Waals surface area contributed by atoms with E-state index in [0.29, 0.717) is 5.69 Å². The molecule has 0 radical (unpaired) electrons. The van der Waals surface area contributed by atoms with E-state index in [2.05, 4.69) is 11.2 Å². The average Bonchev–Trinajstić information content (AvgIpc) is 2.26. The van der Waals surface area contributed by atoms with E-state index in [0.717, 1.165) is 0 Å². The van der Waals surface area contributed by atoms with Crippen LogP contribution in [0.25, 0.3) is 0 Å². The van der Waals surface area contributed by atoms with E-state index in [1.165, 1.54) is 6.92 Å². The Morgan fingerprint density at radius 2 is 2.12 bits per heavy atom. The van der Waals surface area contributed by atoms with Crippen molar-refractivity contribution in [2.24, 2.45) is 0 Å². The van der Waals surface area contributed by atoms with Gasteiger partial charge in [-0.05, 0) is 12.1 Å². The van der Waals surface area contributed by atoms with E-state index in [-0.39, 0.29) is 18.1 Å². The third kappa shape index (κ3) is 3.14. The Morgan fingerprint density at radius 3 is 2.75 bits per heavy atom. The Kier molecular flexibility index (Phi) is 4.10. The van der Waals surface area contributed by atoms with Crippen LogP contribution >= 0.6 is 0 Å². The lowest BCUT2D eigenvalue weighted by Crippen LogP contribution is -2.12. The number of anilines is 1. The Bertz CT molecular complexity index is 446. The van der Waals surface area contributed by atoms with Crippen molar-refractivity contribution in [3.63, 3.8) is 0 Å². The first-order valence-electron chi connectivity index (χ1n) is 4.62. The molecule has 1 N–H and O–H groups in total. The lowest BCUT2D eigenvalue weighted by atomic mass is 10.2. The zero-order valence-electron chi connectivity index (χ0n) is 8.82. The zero-order chi connectivity index (χ0) is 12.0. The van der Waals surface area contributed by atoms with E-state index < -0.39 is 5.97 Å². The molecule has 0 aromatic heterocycles. The van der Waals surface area contributed by atoms with Gasteiger partial charge in [0.1, 0.15) is 0 Å². The molecular weight excluding hydrogens is 206 g/mol. The maximum Gasteiger partial charge on any atom is 0.341 e. The maximum atomic E-state index is 11.5. The van der Waals surface area contributed by atoms with Crippen LogP contribution in [0.1, 0.15) is 17.3 Å². The molecule has 0 bridgehead atoms. The number of rotatable bonds is 3. The van der Waals surface area contributed by atoms with Crippen molar-refractivity contribution in [1.29, 1.82) is 0 Å². The van der Waals surface area contributed by atoms with Gasteiger partial charge in [-0.2, -0.15) is 0 Å². The summed E-state index contributed by atoms with van der Waals surface area (Å²) in [6.07, 6.45) is 4.98. The van der Waals surface area contributed by atoms with Crippen LogP contribution in [-0.4, -0.2) is 18.5 Å². The number of amides is 1. The number of hydrogen-bond acceptors (Lipinski definition) is 3. The number of para-hydroxylation sites is 1. The largest absolute Gasteiger partial charge is 0.449 e. The van der Waals surface area contributed by atoms with Crippen LogP contribution in [0.2, 0.25) is 0 Å². The summed E-state index contributed by atoms with van der Waals surface area (Å²) in [7, 11) is 0. The van der Waals surface area contributed by atoms with Gasteiger partial charge in [-0.1, -0.05) is 18.1 Å². The predicted molar refractivity (Wildman–Crippen MR) is 59.9 cm³/mol. The van der Waals surface area contributed by atoms with Crippen molar-refractivity contribution in [2.75, 3.05) is 11.9 Å². The second kappa shape index (κ2) is 5.56. The summed E-state index contributed by atoms with van der Waals surface area (Å²) in [6.45, 7) is 1.27. The maximum absolute atomic E-state index is 11.5. The van der Waals surface area contributed by atoms with Gasteiger partial charge in [0.25, 0.3) is 0 Å². The van der Waals surface area contributed by atoms with Gasteiger partial charge in [0, 0.05) is 6.92 Å². The van der Waals surface area contributed by atoms with Gasteiger partial charge in [0.15, 0.2) is 6.61 Å². The molecule has 0 aliphatic heterocycles. The van der Waals surface area contributed by atoms with Crippen LogP contribution < -0.4 is 5.32 Å². The number of nitrogens with one attached hydrogen (secondary N) is 1. The van der Waals surface area contributed by atoms with E-state index >= 15 is 0 Å². The molecule has 1 aromatic carbocycles. The van der Waals surface area contributed by atoms with Gasteiger partial charge in [0.2, 0.25) is 5.91 Å². The first-order chi connectivity index (χ1) is 7.65. The molecule has 1 aromatic rings. The van der Waals surface area contributed by atoms with Crippen molar-refractivity contribution in [2.45, 2.75) is 6.92 Å². The minimum absolute atomic E-state index is 0.0900. The van der Waals surface area contributed by atoms with E-state index in [4.69, 9.17) is 11.2 Å². The van der Waals surface area contributed by atoms with Gasteiger partial charge in [0.05, 0.1) is 11.3 Å². The van der Waals surface area contributed by atoms with Crippen LogP contribution in [0.3, 0.4) is 0 Å². The summed E-state index contributed by atoms with van der Waals surface area (Å²) >= 11 is 0. The second-order valence-electron chi connectivity index (χ2n) is 3.01. The fourth-order valence-electron chi connectivity index (χ4n) is 1.14. The van der Waals surface area contributed by atoms with Crippen molar-refractivity contribution in [3.05, 3.63) is 29.8 Å². The fourth-order valence-corrected chi connectivity index (χ4v) is 1.14. The lowest BCUT2D eigenvalue weighted by Gasteiger charge is -2.08. The van der Waals surface area contributed by atoms with Crippen molar-refractivity contribution < 1.29 is 14.3 Å². The highest BCUT2D eigenvalue weighted by molar-refractivity contribution is 6.00. The Hall–Kier alpha value is -2.28. The Balaban J connectivity index is 2.90. The molecule has 0 aliphatic carbocycles. The molecular formula is C12H11NO3. The van der Waals surface area contributed by atoms with E-state index in [9.17, 15) is 9.59 Å². The van der Waals surface area contributed by atoms with Crippen molar-refractivity contribution in [1.82, 2.24) is 0 Å². The first kappa shape index (κ1) is 11.8. The minimum atomic E-state index is -0.553. The summed E-state index contributed by atoms with van der Waals surface area (Å²) in [5.74, 6) is 1.39. The second-order valence-corrected chi connectivity index (χ2v) is 3.01. The number of benzene rings is 1. The molecule has 1 rings (SSSR count). The Morgan fingerprint density at radius 1 is 1.44 bits per heavy atom. The van der Waals surface area contributed by atoms with E-state index in [1.54, 1.807) is 24.3 Å². The van der Waals surface area contributed by atoms with Crippen LogP contribution in [-0.2, 0) is 9.53 Å². The SMILES string of the molecule is C#CCOC(=O)c1ccccc1NC(C)=O. The molecule has 0 atom stereocenters. The van der Waals surface area contributed by atoms with Crippen LogP contribution in [0, 0.1) is 12.3 Å². The highest BCUT2D eigenvalue weighted by Gasteiger charge is 2.12. The molecule has 0 spiro atoms. The molecule has 0 unspecified atom stereocenters. The molecule has 4 heteroatoms. The Labute approximate surface area is 93.6 Å². The number of carbonyl (C=O) groups excluding carboxylic acids is 2. The van der Waals surface area contributed by atoms with Crippen molar-refractivity contribution >= 4 is 17.6 Å². The van der Waals surface area contributed by atoms with Gasteiger partial charge in [-0.15, -0.1) is 6.42 Å². The number of terminal acetylenes is 1. The average molecular weight is 217 g/mol. The lowest BCUT2D eigenvalue weighted by molar-refractivity contribution is -0.114. The highest BCUT2D eigenvalue weighted by atomic mass is 16.5. The summed E-state index contributed by atoms with van der Waals surface area (Å²) in [4.78, 5) is 22.4. The zero-order valence-corrected chi connectivity index (χ0v) is 8.82. The molecule has 4 nitrogen and oxygen atoms in total. The van der Waals surface area contributed by atoms with Crippen molar-refractivity contribution in [3.8, 4) is 12.3 Å². The highest BCUT2D eigenvalue weighted by Crippen LogP contribution is 2.15. The molecule has 0 aliphatic rings. The summed E-state index contributed by atoms with van der Waals surface area (Å²) in [5, 5.41) is 2.54. The number of ether oxygens (including phenoxy) is 1. The molecule has 0 saturated carbocycles. The summed E-state index contributed by atoms with van der Waals surface area (Å²) in [6, 6.07) is 6.57. The van der Waals surface area contributed by atoms with Gasteiger partial charge < -0.3 is 10.1 Å². The fraction of sp³-hybridized carbons (Fsp3) is 0.167. The van der Waals surface area contributed by atoms with Gasteiger partial charge in [-0.3, -0.25) is 4.79 Å². The van der Waals surface area contributed by atoms with E-state index in [1.807, 2.05) is 0 Å². The predicted octanol–water partition coefficient (Wildman–Crippen LogP) is 1.43. The number of esters is 1. The first-order valence-corrected chi connectivity index (χ1v) is 4.62. The third-order valence-corrected chi connectivity index (χ3v) is 1.74. The van der Waals surface area contributed by atoms with Crippen LogP contribution in [0.15, 0.2) is 24.3 Å². The molecule has 82 valence electrons. The molecule has 0 saturated heterocycles. The molecule has 16 heavy (non-hydrogen) atoms. The monoisotopic (exact) mass is 217 g/mol. The summed E-state index contributed by atoms with van der Waals surface area (Å²) in [5.41, 5.74) is 0.699. The number of hydrogen-bond donors (Lipinski definition) is 1. The summed E-state index contributed by atoms with van der Waals surface area (Å²) < 4.78 is 4.77. The molecule has 0 heterocycles. The van der Waals surface area contributed by atoms with Gasteiger partial charge in [-0.25, -0.2) is 4.79 Å². The topological polar surface area (TPSA) is 55.4 Å². The van der Waals surface area contributed by atoms with Gasteiger partial charge >= 0.3 is 5.97 Å². The number of carbonyl (C=O) groups is 2. The third-order valence-electron chi connectivity index (χ3n) is 1.74. The van der Waals surface area contributed by atoms with Crippen LogP contribution in [0.5, 0.6) is 0 Å².